The molecule has 0 bridgehead atoms. The molecule has 2 aromatic carbocycles. The largest absolute Gasteiger partial charge is 0.507 e. The smallest absolute Gasteiger partial charge is 0.224 e. The molecule has 0 spiro atoms. The lowest BCUT2D eigenvalue weighted by Gasteiger charge is -2.12. The molecule has 0 aliphatic carbocycles. The molecule has 118 valence electrons. The van der Waals surface area contributed by atoms with Gasteiger partial charge in [0.05, 0.1) is 15.5 Å². The Morgan fingerprint density at radius 1 is 1.09 bits per heavy atom. The van der Waals surface area contributed by atoms with Crippen LogP contribution in [0.4, 0.5) is 5.69 Å². The maximum absolute atomic E-state index is 11.6. The van der Waals surface area contributed by atoms with E-state index < -0.39 is 22.2 Å². The Morgan fingerprint density at radius 3 is 2.14 bits per heavy atom. The van der Waals surface area contributed by atoms with Crippen molar-refractivity contribution >= 4 is 44.5 Å². The van der Waals surface area contributed by atoms with Crippen molar-refractivity contribution in [3.05, 3.63) is 24.3 Å². The molecule has 4 N–H and O–H groups in total. The second-order valence-corrected chi connectivity index (χ2v) is 6.35. The molecule has 0 fully saturated rings. The van der Waals surface area contributed by atoms with E-state index in [0.717, 1.165) is 6.07 Å². The summed E-state index contributed by atoms with van der Waals surface area (Å²) in [5, 5.41) is 13.1. The van der Waals surface area contributed by atoms with Gasteiger partial charge in [-0.25, -0.2) is 8.42 Å². The highest BCUT2D eigenvalue weighted by molar-refractivity contribution is 7.79. The summed E-state index contributed by atoms with van der Waals surface area (Å²) in [7, 11) is 0. The van der Waals surface area contributed by atoms with Crippen molar-refractivity contribution < 1.29 is 27.4 Å². The molecule has 2 atom stereocenters. The Balaban J connectivity index is 2.78. The van der Waals surface area contributed by atoms with Crippen LogP contribution < -0.4 is 5.32 Å². The van der Waals surface area contributed by atoms with Crippen LogP contribution in [0.5, 0.6) is 5.75 Å². The summed E-state index contributed by atoms with van der Waals surface area (Å²) in [6, 6.07) is 5.00. The highest BCUT2D eigenvalue weighted by Crippen LogP contribution is 2.35. The normalized spacial score (nSPS) is 13.8. The Kier molecular flexibility index (Phi) is 4.91. The van der Waals surface area contributed by atoms with Gasteiger partial charge in [-0.15, -0.1) is 0 Å². The molecule has 0 saturated heterocycles. The average Bonchev–Trinajstić information content (AvgIpc) is 2.45. The molecule has 7 nitrogen and oxygen atoms in total. The molecule has 0 aliphatic rings. The van der Waals surface area contributed by atoms with E-state index in [1.807, 2.05) is 0 Å². The SMILES string of the molecule is CCC(=O)Nc1cc(S(=O)O)cc2cc(S(=O)O)cc(O)c12. The molecule has 0 radical (unpaired) electrons. The van der Waals surface area contributed by atoms with Crippen molar-refractivity contribution in [1.82, 2.24) is 0 Å². The van der Waals surface area contributed by atoms with E-state index in [0.29, 0.717) is 0 Å². The summed E-state index contributed by atoms with van der Waals surface area (Å²) < 4.78 is 40.8. The monoisotopic (exact) mass is 343 g/mol. The summed E-state index contributed by atoms with van der Waals surface area (Å²) in [6.07, 6.45) is 0.188. The number of hydrogen-bond acceptors (Lipinski definition) is 4. The Bertz CT molecular complexity index is 799. The minimum atomic E-state index is -2.32. The van der Waals surface area contributed by atoms with E-state index >= 15 is 0 Å². The molecule has 1 amide bonds. The standard InChI is InChI=1S/C13H13NO6S2/c1-2-12(16)14-10-5-8(21(17)18)3-7-4-9(22(19)20)6-11(15)13(7)10/h3-6,15H,2H2,1H3,(H,14,16)(H,17,18)(H,19,20). The predicted molar refractivity (Wildman–Crippen MR) is 82.6 cm³/mol. The number of rotatable bonds is 4. The molecule has 0 aromatic heterocycles. The number of benzene rings is 2. The van der Waals surface area contributed by atoms with Gasteiger partial charge in [-0.3, -0.25) is 4.79 Å². The summed E-state index contributed by atoms with van der Waals surface area (Å²) in [6.45, 7) is 1.64. The van der Waals surface area contributed by atoms with Gasteiger partial charge in [-0.2, -0.15) is 0 Å². The van der Waals surface area contributed by atoms with Gasteiger partial charge in [-0.1, -0.05) is 6.92 Å². The number of anilines is 1. The lowest BCUT2D eigenvalue weighted by Crippen LogP contribution is -2.10. The highest BCUT2D eigenvalue weighted by Gasteiger charge is 2.15. The van der Waals surface area contributed by atoms with Crippen LogP contribution in [0.15, 0.2) is 34.1 Å². The number of phenols is 1. The molecule has 2 aromatic rings. The van der Waals surface area contributed by atoms with Crippen LogP contribution in [0.3, 0.4) is 0 Å². The van der Waals surface area contributed by atoms with Crippen molar-refractivity contribution in [2.45, 2.75) is 23.1 Å². The molecule has 0 aliphatic heterocycles. The second-order valence-electron chi connectivity index (χ2n) is 4.41. The number of hydrogen-bond donors (Lipinski definition) is 4. The van der Waals surface area contributed by atoms with Crippen molar-refractivity contribution in [3.63, 3.8) is 0 Å². The number of nitrogens with one attached hydrogen (secondary N) is 1. The minimum Gasteiger partial charge on any atom is -0.507 e. The van der Waals surface area contributed by atoms with Crippen LogP contribution in [0, 0.1) is 0 Å². The first-order valence-electron chi connectivity index (χ1n) is 6.15. The predicted octanol–water partition coefficient (Wildman–Crippen LogP) is 2.06. The highest BCUT2D eigenvalue weighted by atomic mass is 32.2. The van der Waals surface area contributed by atoms with Crippen LogP contribution in [0.1, 0.15) is 13.3 Å². The van der Waals surface area contributed by atoms with Crippen LogP contribution in [-0.4, -0.2) is 28.5 Å². The van der Waals surface area contributed by atoms with Gasteiger partial charge in [-0.05, 0) is 29.7 Å². The van der Waals surface area contributed by atoms with Crippen molar-refractivity contribution in [2.24, 2.45) is 0 Å². The molecule has 0 heterocycles. The fourth-order valence-electron chi connectivity index (χ4n) is 1.98. The summed E-state index contributed by atoms with van der Waals surface area (Å²) in [5.74, 6) is -0.645. The van der Waals surface area contributed by atoms with Gasteiger partial charge in [0.15, 0.2) is 22.2 Å². The fraction of sp³-hybridized carbons (Fsp3) is 0.154. The maximum atomic E-state index is 11.6. The molecule has 22 heavy (non-hydrogen) atoms. The number of fused-ring (bicyclic) bond motifs is 1. The van der Waals surface area contributed by atoms with Crippen molar-refractivity contribution in [1.29, 1.82) is 0 Å². The number of phenolic OH excluding ortho intramolecular Hbond substituents is 1. The quantitative estimate of drug-likeness (QED) is 0.630. The maximum Gasteiger partial charge on any atom is 0.224 e. The number of carbonyl (C=O) groups excluding carboxylic acids is 1. The van der Waals surface area contributed by atoms with Gasteiger partial charge < -0.3 is 19.5 Å². The number of amides is 1. The lowest BCUT2D eigenvalue weighted by molar-refractivity contribution is -0.115. The molecule has 9 heteroatoms. The van der Waals surface area contributed by atoms with Crippen LogP contribution in [0.2, 0.25) is 0 Å². The van der Waals surface area contributed by atoms with Gasteiger partial charge in [0.2, 0.25) is 5.91 Å². The van der Waals surface area contributed by atoms with E-state index in [2.05, 4.69) is 5.32 Å². The van der Waals surface area contributed by atoms with E-state index in [1.165, 1.54) is 18.2 Å². The third kappa shape index (κ3) is 3.33. The molecule has 0 saturated carbocycles. The van der Waals surface area contributed by atoms with Gasteiger partial charge in [0.25, 0.3) is 0 Å². The second kappa shape index (κ2) is 6.53. The first-order valence-corrected chi connectivity index (χ1v) is 8.37. The Morgan fingerprint density at radius 2 is 1.64 bits per heavy atom. The third-order valence-electron chi connectivity index (χ3n) is 2.97. The first-order chi connectivity index (χ1) is 10.3. The lowest BCUT2D eigenvalue weighted by atomic mass is 10.1. The molecular formula is C13H13NO6S2. The van der Waals surface area contributed by atoms with E-state index in [1.54, 1.807) is 6.92 Å². The molecule has 2 rings (SSSR count). The zero-order valence-electron chi connectivity index (χ0n) is 11.4. The van der Waals surface area contributed by atoms with Gasteiger partial charge in [0, 0.05) is 11.8 Å². The fourth-order valence-corrected chi connectivity index (χ4v) is 2.86. The van der Waals surface area contributed by atoms with Crippen LogP contribution in [0.25, 0.3) is 10.8 Å². The first kappa shape index (κ1) is 16.6. The van der Waals surface area contributed by atoms with Gasteiger partial charge in [0.1, 0.15) is 5.75 Å². The van der Waals surface area contributed by atoms with E-state index in [-0.39, 0.29) is 44.3 Å². The zero-order valence-corrected chi connectivity index (χ0v) is 13.0. The number of aromatic hydroxyl groups is 1. The summed E-state index contributed by atoms with van der Waals surface area (Å²) in [4.78, 5) is 11.5. The molecular weight excluding hydrogens is 330 g/mol. The van der Waals surface area contributed by atoms with E-state index in [4.69, 9.17) is 4.55 Å². The van der Waals surface area contributed by atoms with Gasteiger partial charge >= 0.3 is 0 Å². The van der Waals surface area contributed by atoms with Crippen LogP contribution >= 0.6 is 0 Å². The topological polar surface area (TPSA) is 124 Å². The minimum absolute atomic E-state index is 0.000764. The zero-order chi connectivity index (χ0) is 16.4. The number of carbonyl (C=O) groups is 1. The summed E-state index contributed by atoms with van der Waals surface area (Å²) in [5.41, 5.74) is 0.162. The van der Waals surface area contributed by atoms with Crippen molar-refractivity contribution in [3.8, 4) is 5.75 Å². The Hall–Kier alpha value is -1.81. The van der Waals surface area contributed by atoms with Crippen molar-refractivity contribution in [2.75, 3.05) is 5.32 Å². The summed E-state index contributed by atoms with van der Waals surface area (Å²) >= 11 is -4.62. The molecule has 2 unspecified atom stereocenters. The van der Waals surface area contributed by atoms with Crippen LogP contribution in [-0.2, 0) is 27.0 Å². The van der Waals surface area contributed by atoms with E-state index in [9.17, 15) is 22.9 Å². The average molecular weight is 343 g/mol. The third-order valence-corrected chi connectivity index (χ3v) is 4.25. The Labute approximate surface area is 130 Å².